The average molecular weight is 333 g/mol. The molecule has 1 heterocycles. The number of sulfonamides is 1. The molecule has 0 radical (unpaired) electrons. The van der Waals surface area contributed by atoms with Gasteiger partial charge in [-0.25, -0.2) is 13.6 Å². The third-order valence-electron chi connectivity index (χ3n) is 2.58. The fourth-order valence-electron chi connectivity index (χ4n) is 1.63. The predicted molar refractivity (Wildman–Crippen MR) is 81.0 cm³/mol. The van der Waals surface area contributed by atoms with E-state index in [4.69, 9.17) is 21.5 Å². The van der Waals surface area contributed by atoms with Crippen LogP contribution in [-0.4, -0.2) is 15.5 Å². The lowest BCUT2D eigenvalue weighted by atomic mass is 10.3. The molecule has 108 valence electrons. The van der Waals surface area contributed by atoms with Crippen molar-refractivity contribution in [1.82, 2.24) is 0 Å². The molecule has 2 rings (SSSR count). The molecule has 0 saturated heterocycles. The SMILES string of the molecule is COc1ccc(S(N)(=O)=O)cc1NCc1ccc(Cl)s1. The van der Waals surface area contributed by atoms with Crippen LogP contribution in [0.1, 0.15) is 4.88 Å². The topological polar surface area (TPSA) is 81.4 Å². The maximum Gasteiger partial charge on any atom is 0.238 e. The first-order valence-corrected chi connectivity index (χ1v) is 8.33. The molecule has 8 heteroatoms. The van der Waals surface area contributed by atoms with E-state index in [-0.39, 0.29) is 4.90 Å². The van der Waals surface area contributed by atoms with Gasteiger partial charge in [0.25, 0.3) is 0 Å². The summed E-state index contributed by atoms with van der Waals surface area (Å²) in [4.78, 5) is 1.06. The number of ether oxygens (including phenoxy) is 1. The predicted octanol–water partition coefficient (Wildman–Crippen LogP) is 2.67. The van der Waals surface area contributed by atoms with Gasteiger partial charge in [0.1, 0.15) is 5.75 Å². The number of thiophene rings is 1. The Balaban J connectivity index is 2.24. The fraction of sp³-hybridized carbons (Fsp3) is 0.167. The van der Waals surface area contributed by atoms with E-state index in [1.54, 1.807) is 12.1 Å². The molecule has 1 aromatic carbocycles. The number of hydrogen-bond donors (Lipinski definition) is 2. The Morgan fingerprint density at radius 2 is 2.10 bits per heavy atom. The van der Waals surface area contributed by atoms with Crippen LogP contribution in [0.15, 0.2) is 35.2 Å². The van der Waals surface area contributed by atoms with E-state index >= 15 is 0 Å². The van der Waals surface area contributed by atoms with Crippen LogP contribution in [0.3, 0.4) is 0 Å². The lowest BCUT2D eigenvalue weighted by molar-refractivity contribution is 0.416. The summed E-state index contributed by atoms with van der Waals surface area (Å²) >= 11 is 7.31. The lowest BCUT2D eigenvalue weighted by Crippen LogP contribution is -2.12. The highest BCUT2D eigenvalue weighted by atomic mass is 35.5. The minimum absolute atomic E-state index is 0.0324. The number of nitrogens with one attached hydrogen (secondary N) is 1. The molecule has 0 spiro atoms. The quantitative estimate of drug-likeness (QED) is 0.882. The summed E-state index contributed by atoms with van der Waals surface area (Å²) in [5.41, 5.74) is 0.559. The van der Waals surface area contributed by atoms with Crippen LogP contribution in [0.2, 0.25) is 4.34 Å². The normalized spacial score (nSPS) is 11.3. The summed E-state index contributed by atoms with van der Waals surface area (Å²) in [6, 6.07) is 8.12. The molecule has 1 aromatic heterocycles. The van der Waals surface area contributed by atoms with Crippen molar-refractivity contribution in [1.29, 1.82) is 0 Å². The van der Waals surface area contributed by atoms with Gasteiger partial charge in [-0.2, -0.15) is 0 Å². The third-order valence-corrected chi connectivity index (χ3v) is 4.72. The number of methoxy groups -OCH3 is 1. The molecule has 0 atom stereocenters. The van der Waals surface area contributed by atoms with E-state index in [0.717, 1.165) is 4.88 Å². The number of hydrogen-bond acceptors (Lipinski definition) is 5. The van der Waals surface area contributed by atoms with E-state index < -0.39 is 10.0 Å². The standard InChI is InChI=1S/C12H13ClN2O3S2/c1-18-11-4-3-9(20(14,16)17)6-10(11)15-7-8-2-5-12(13)19-8/h2-6,15H,7H2,1H3,(H2,14,16,17). The highest BCUT2D eigenvalue weighted by Gasteiger charge is 2.12. The molecule has 0 saturated carbocycles. The molecular weight excluding hydrogens is 320 g/mol. The second-order valence-corrected chi connectivity index (χ2v) is 7.33. The van der Waals surface area contributed by atoms with E-state index in [2.05, 4.69) is 5.32 Å². The summed E-state index contributed by atoms with van der Waals surface area (Å²) in [6.45, 7) is 0.516. The van der Waals surface area contributed by atoms with Gasteiger partial charge >= 0.3 is 0 Å². The number of primary sulfonamides is 1. The largest absolute Gasteiger partial charge is 0.495 e. The first-order valence-electron chi connectivity index (χ1n) is 5.59. The molecule has 0 bridgehead atoms. The first-order chi connectivity index (χ1) is 9.40. The maximum atomic E-state index is 11.4. The minimum atomic E-state index is -3.74. The van der Waals surface area contributed by atoms with Crippen LogP contribution in [0.4, 0.5) is 5.69 Å². The highest BCUT2D eigenvalue weighted by molar-refractivity contribution is 7.89. The molecule has 0 aliphatic heterocycles. The van der Waals surface area contributed by atoms with Crippen molar-refractivity contribution >= 4 is 38.6 Å². The van der Waals surface area contributed by atoms with Crippen LogP contribution < -0.4 is 15.2 Å². The molecule has 5 nitrogen and oxygen atoms in total. The van der Waals surface area contributed by atoms with Crippen LogP contribution in [0.5, 0.6) is 5.75 Å². The average Bonchev–Trinajstić information content (AvgIpc) is 2.80. The molecule has 2 aromatic rings. The van der Waals surface area contributed by atoms with E-state index in [0.29, 0.717) is 22.3 Å². The summed E-state index contributed by atoms with van der Waals surface area (Å²) in [7, 11) is -2.23. The van der Waals surface area contributed by atoms with Crippen LogP contribution in [0.25, 0.3) is 0 Å². The van der Waals surface area contributed by atoms with Crippen molar-refractivity contribution < 1.29 is 13.2 Å². The summed E-state index contributed by atoms with van der Waals surface area (Å²) in [5, 5.41) is 8.23. The first kappa shape index (κ1) is 15.1. The molecular formula is C12H13ClN2O3S2. The van der Waals surface area contributed by atoms with Crippen molar-refractivity contribution in [3.63, 3.8) is 0 Å². The van der Waals surface area contributed by atoms with Gasteiger partial charge in [0.2, 0.25) is 10.0 Å². The molecule has 3 N–H and O–H groups in total. The van der Waals surface area contributed by atoms with Crippen molar-refractivity contribution in [2.24, 2.45) is 5.14 Å². The van der Waals surface area contributed by atoms with Gasteiger partial charge < -0.3 is 10.1 Å². The molecule has 0 aliphatic carbocycles. The van der Waals surface area contributed by atoms with Gasteiger partial charge in [0.15, 0.2) is 0 Å². The minimum Gasteiger partial charge on any atom is -0.495 e. The highest BCUT2D eigenvalue weighted by Crippen LogP contribution is 2.29. The lowest BCUT2D eigenvalue weighted by Gasteiger charge is -2.11. The second-order valence-electron chi connectivity index (χ2n) is 3.97. The molecule has 0 amide bonds. The van der Waals surface area contributed by atoms with E-state index in [9.17, 15) is 8.42 Å². The molecule has 0 aliphatic rings. The third kappa shape index (κ3) is 3.63. The van der Waals surface area contributed by atoms with Crippen molar-refractivity contribution in [3.8, 4) is 5.75 Å². The number of anilines is 1. The molecule has 0 unspecified atom stereocenters. The monoisotopic (exact) mass is 332 g/mol. The van der Waals surface area contributed by atoms with Crippen molar-refractivity contribution in [3.05, 3.63) is 39.5 Å². The molecule has 20 heavy (non-hydrogen) atoms. The van der Waals surface area contributed by atoms with E-state index in [1.165, 1.54) is 30.6 Å². The van der Waals surface area contributed by atoms with Crippen molar-refractivity contribution in [2.75, 3.05) is 12.4 Å². The number of halogens is 1. The van der Waals surface area contributed by atoms with Gasteiger partial charge in [0.05, 0.1) is 22.0 Å². The van der Waals surface area contributed by atoms with Gasteiger partial charge in [-0.05, 0) is 30.3 Å². The zero-order valence-electron chi connectivity index (χ0n) is 10.6. The van der Waals surface area contributed by atoms with Gasteiger partial charge in [-0.15, -0.1) is 11.3 Å². The summed E-state index contributed by atoms with van der Waals surface area (Å²) in [6.07, 6.45) is 0. The van der Waals surface area contributed by atoms with Crippen LogP contribution in [0, 0.1) is 0 Å². The zero-order chi connectivity index (χ0) is 14.8. The van der Waals surface area contributed by atoms with Gasteiger partial charge in [-0.1, -0.05) is 11.6 Å². The van der Waals surface area contributed by atoms with Crippen LogP contribution in [-0.2, 0) is 16.6 Å². The Morgan fingerprint density at radius 3 is 2.65 bits per heavy atom. The smallest absolute Gasteiger partial charge is 0.238 e. The maximum absolute atomic E-state index is 11.4. The molecule has 0 fully saturated rings. The zero-order valence-corrected chi connectivity index (χ0v) is 13.0. The van der Waals surface area contributed by atoms with Crippen LogP contribution >= 0.6 is 22.9 Å². The van der Waals surface area contributed by atoms with Gasteiger partial charge in [0, 0.05) is 11.4 Å². The second kappa shape index (κ2) is 6.01. The van der Waals surface area contributed by atoms with E-state index in [1.807, 2.05) is 6.07 Å². The fourth-order valence-corrected chi connectivity index (χ4v) is 3.20. The number of benzene rings is 1. The van der Waals surface area contributed by atoms with Gasteiger partial charge in [-0.3, -0.25) is 0 Å². The Kier molecular flexibility index (Phi) is 4.54. The Morgan fingerprint density at radius 1 is 1.35 bits per heavy atom. The Labute approximate surface area is 126 Å². The summed E-state index contributed by atoms with van der Waals surface area (Å²) in [5.74, 6) is 0.542. The number of nitrogens with two attached hydrogens (primary N) is 1. The Hall–Kier alpha value is -1.28. The summed E-state index contributed by atoms with van der Waals surface area (Å²) < 4.78 is 28.6. The Bertz CT molecular complexity index is 713. The van der Waals surface area contributed by atoms with Crippen molar-refractivity contribution in [2.45, 2.75) is 11.4 Å². The number of rotatable bonds is 5.